The topological polar surface area (TPSA) is 79.4 Å². The first-order valence-electron chi connectivity index (χ1n) is 9.73. The highest BCUT2D eigenvalue weighted by Gasteiger charge is 2.36. The average molecular weight is 427 g/mol. The molecule has 0 atom stereocenters. The molecule has 1 N–H and O–H groups in total. The van der Waals surface area contributed by atoms with E-state index < -0.39 is 17.7 Å². The third-order valence-electron chi connectivity index (χ3n) is 5.31. The third-order valence-corrected chi connectivity index (χ3v) is 6.38. The Morgan fingerprint density at radius 2 is 1.55 bits per heavy atom. The van der Waals surface area contributed by atoms with Crippen LogP contribution < -0.4 is 5.32 Å². The molecule has 0 aliphatic carbocycles. The van der Waals surface area contributed by atoms with E-state index in [1.54, 1.807) is 41.7 Å². The molecule has 31 heavy (non-hydrogen) atoms. The molecule has 152 valence electrons. The molecule has 2 heterocycles. The average Bonchev–Trinajstić information content (AvgIpc) is 3.31. The van der Waals surface area contributed by atoms with Gasteiger partial charge in [0.05, 0.1) is 21.3 Å². The number of carbonyl (C=O) groups is 3. The second kappa shape index (κ2) is 7.45. The van der Waals surface area contributed by atoms with E-state index in [0.717, 1.165) is 31.3 Å². The van der Waals surface area contributed by atoms with E-state index >= 15 is 0 Å². The first kappa shape index (κ1) is 19.1. The van der Waals surface area contributed by atoms with Gasteiger partial charge in [0.1, 0.15) is 11.6 Å². The number of fused-ring (bicyclic) bond motifs is 2. The molecule has 1 aromatic heterocycles. The summed E-state index contributed by atoms with van der Waals surface area (Å²) in [6.45, 7) is 1.58. The Bertz CT molecular complexity index is 1310. The Kier molecular flexibility index (Phi) is 4.60. The van der Waals surface area contributed by atoms with Crippen molar-refractivity contribution in [3.05, 3.63) is 83.4 Å². The van der Waals surface area contributed by atoms with E-state index in [1.807, 2.05) is 43.3 Å². The van der Waals surface area contributed by atoms with Gasteiger partial charge in [-0.15, -0.1) is 11.3 Å². The molecule has 0 unspecified atom stereocenters. The van der Waals surface area contributed by atoms with Gasteiger partial charge < -0.3 is 5.32 Å². The number of amides is 3. The van der Waals surface area contributed by atoms with Gasteiger partial charge in [0, 0.05) is 11.3 Å². The predicted molar refractivity (Wildman–Crippen MR) is 120 cm³/mol. The maximum Gasteiger partial charge on any atom is 0.262 e. The molecule has 3 aromatic carbocycles. The van der Waals surface area contributed by atoms with Crippen LogP contribution in [0.5, 0.6) is 0 Å². The van der Waals surface area contributed by atoms with Gasteiger partial charge in [-0.3, -0.25) is 19.3 Å². The molecule has 0 spiro atoms. The molecule has 0 saturated heterocycles. The fourth-order valence-electron chi connectivity index (χ4n) is 3.71. The lowest BCUT2D eigenvalue weighted by molar-refractivity contribution is -0.116. The number of benzene rings is 3. The van der Waals surface area contributed by atoms with Gasteiger partial charge in [-0.25, -0.2) is 4.98 Å². The van der Waals surface area contributed by atoms with Crippen LogP contribution in [0.1, 0.15) is 26.3 Å². The Labute approximate surface area is 182 Å². The lowest BCUT2D eigenvalue weighted by atomic mass is 10.1. The molecule has 4 aromatic rings. The molecular formula is C24H17N3O3S. The minimum Gasteiger partial charge on any atom is -0.324 e. The molecule has 0 radical (unpaired) electrons. The smallest absolute Gasteiger partial charge is 0.262 e. The van der Waals surface area contributed by atoms with E-state index in [-0.39, 0.29) is 6.54 Å². The predicted octanol–water partition coefficient (Wildman–Crippen LogP) is 4.51. The van der Waals surface area contributed by atoms with Crippen LogP contribution >= 0.6 is 11.3 Å². The maximum absolute atomic E-state index is 12.7. The Hall–Kier alpha value is -3.84. The number of nitrogens with zero attached hydrogens (tertiary/aromatic N) is 2. The number of hydrogen-bond acceptors (Lipinski definition) is 5. The van der Waals surface area contributed by atoms with Crippen LogP contribution in [0.4, 0.5) is 5.69 Å². The zero-order valence-corrected chi connectivity index (χ0v) is 17.4. The molecule has 0 bridgehead atoms. The van der Waals surface area contributed by atoms with Crippen LogP contribution in [0.3, 0.4) is 0 Å². The Morgan fingerprint density at radius 3 is 2.26 bits per heavy atom. The number of imide groups is 1. The van der Waals surface area contributed by atoms with Crippen LogP contribution in [0, 0.1) is 6.92 Å². The SMILES string of the molecule is Cc1c(NC(=O)CN2C(=O)c3ccccc3C2=O)cccc1-c1nc2ccccc2s1. The zero-order valence-electron chi connectivity index (χ0n) is 16.6. The van der Waals surface area contributed by atoms with Crippen molar-refractivity contribution < 1.29 is 14.4 Å². The van der Waals surface area contributed by atoms with Crippen molar-refractivity contribution in [2.24, 2.45) is 0 Å². The van der Waals surface area contributed by atoms with Crippen LogP contribution in [-0.2, 0) is 4.79 Å². The molecule has 3 amide bonds. The minimum atomic E-state index is -0.448. The molecule has 6 nitrogen and oxygen atoms in total. The number of carbonyl (C=O) groups excluding carboxylic acids is 3. The zero-order chi connectivity index (χ0) is 21.5. The highest BCUT2D eigenvalue weighted by molar-refractivity contribution is 7.21. The normalized spacial score (nSPS) is 13.0. The van der Waals surface area contributed by atoms with Gasteiger partial charge in [0.15, 0.2) is 0 Å². The van der Waals surface area contributed by atoms with Crippen molar-refractivity contribution in [1.29, 1.82) is 0 Å². The number of para-hydroxylation sites is 1. The quantitative estimate of drug-likeness (QED) is 0.486. The largest absolute Gasteiger partial charge is 0.324 e. The summed E-state index contributed by atoms with van der Waals surface area (Å²) in [5, 5.41) is 3.71. The number of rotatable bonds is 4. The highest BCUT2D eigenvalue weighted by atomic mass is 32.1. The number of aromatic nitrogens is 1. The van der Waals surface area contributed by atoms with Crippen LogP contribution in [0.15, 0.2) is 66.7 Å². The van der Waals surface area contributed by atoms with E-state index in [2.05, 4.69) is 5.32 Å². The fraction of sp³-hybridized carbons (Fsp3) is 0.0833. The number of hydrogen-bond donors (Lipinski definition) is 1. The first-order valence-corrected chi connectivity index (χ1v) is 10.6. The summed E-state index contributed by atoms with van der Waals surface area (Å²) in [5.41, 5.74) is 4.01. The molecule has 0 saturated carbocycles. The third kappa shape index (κ3) is 3.29. The van der Waals surface area contributed by atoms with Gasteiger partial charge in [0.2, 0.25) is 5.91 Å². The second-order valence-electron chi connectivity index (χ2n) is 7.26. The molecule has 1 aliphatic rings. The van der Waals surface area contributed by atoms with Crippen molar-refractivity contribution in [3.8, 4) is 10.6 Å². The van der Waals surface area contributed by atoms with E-state index in [4.69, 9.17) is 4.98 Å². The summed E-state index contributed by atoms with van der Waals surface area (Å²) >= 11 is 1.59. The standard InChI is InChI=1S/C24H17N3O3S/c1-14-15(22-26-19-10-4-5-12-20(19)31-22)9-6-11-18(14)25-21(28)13-27-23(29)16-7-2-3-8-17(16)24(27)30/h2-12H,13H2,1H3,(H,25,28). The van der Waals surface area contributed by atoms with Crippen LogP contribution in [-0.4, -0.2) is 34.2 Å². The molecule has 5 rings (SSSR count). The molecule has 0 fully saturated rings. The van der Waals surface area contributed by atoms with Crippen molar-refractivity contribution in [2.45, 2.75) is 6.92 Å². The summed E-state index contributed by atoms with van der Waals surface area (Å²) in [7, 11) is 0. The van der Waals surface area contributed by atoms with Gasteiger partial charge >= 0.3 is 0 Å². The maximum atomic E-state index is 12.7. The van der Waals surface area contributed by atoms with Crippen molar-refractivity contribution in [3.63, 3.8) is 0 Å². The van der Waals surface area contributed by atoms with Crippen LogP contribution in [0.25, 0.3) is 20.8 Å². The summed E-state index contributed by atoms with van der Waals surface area (Å²) < 4.78 is 1.09. The Balaban J connectivity index is 1.37. The highest BCUT2D eigenvalue weighted by Crippen LogP contribution is 2.34. The van der Waals surface area contributed by atoms with Crippen LogP contribution in [0.2, 0.25) is 0 Å². The summed E-state index contributed by atoms with van der Waals surface area (Å²) in [4.78, 5) is 43.4. The Morgan fingerprint density at radius 1 is 0.903 bits per heavy atom. The van der Waals surface area contributed by atoms with Crippen molar-refractivity contribution in [2.75, 3.05) is 11.9 Å². The number of anilines is 1. The number of thiazole rings is 1. The summed E-state index contributed by atoms with van der Waals surface area (Å²) in [6, 6.07) is 20.1. The van der Waals surface area contributed by atoms with E-state index in [1.165, 1.54) is 0 Å². The summed E-state index contributed by atoms with van der Waals surface area (Å²) in [5.74, 6) is -1.33. The van der Waals surface area contributed by atoms with E-state index in [0.29, 0.717) is 16.8 Å². The van der Waals surface area contributed by atoms with Crippen molar-refractivity contribution >= 4 is 45.0 Å². The van der Waals surface area contributed by atoms with Gasteiger partial charge in [-0.1, -0.05) is 36.4 Å². The fourth-order valence-corrected chi connectivity index (χ4v) is 4.75. The molecule has 7 heteroatoms. The molecular weight excluding hydrogens is 410 g/mol. The molecule has 1 aliphatic heterocycles. The van der Waals surface area contributed by atoms with Gasteiger partial charge in [0.25, 0.3) is 11.8 Å². The second-order valence-corrected chi connectivity index (χ2v) is 8.29. The summed E-state index contributed by atoms with van der Waals surface area (Å²) in [6.07, 6.45) is 0. The lowest BCUT2D eigenvalue weighted by Crippen LogP contribution is -2.37. The number of nitrogens with one attached hydrogen (secondary N) is 1. The van der Waals surface area contributed by atoms with E-state index in [9.17, 15) is 14.4 Å². The minimum absolute atomic E-state index is 0.328. The van der Waals surface area contributed by atoms with Crippen molar-refractivity contribution in [1.82, 2.24) is 9.88 Å². The van der Waals surface area contributed by atoms with Gasteiger partial charge in [-0.2, -0.15) is 0 Å². The van der Waals surface area contributed by atoms with Gasteiger partial charge in [-0.05, 0) is 42.8 Å². The lowest BCUT2D eigenvalue weighted by Gasteiger charge is -2.15. The monoisotopic (exact) mass is 427 g/mol. The first-order chi connectivity index (χ1) is 15.0.